The maximum absolute atomic E-state index is 11.2. The Hall–Kier alpha value is -0.650. The number of rotatable bonds is 6. The summed E-state index contributed by atoms with van der Waals surface area (Å²) >= 11 is 0. The monoisotopic (exact) mass is 270 g/mol. The van der Waals surface area contributed by atoms with Gasteiger partial charge in [-0.2, -0.15) is 0 Å². The van der Waals surface area contributed by atoms with E-state index < -0.39 is 5.97 Å². The van der Waals surface area contributed by atoms with E-state index in [1.165, 1.54) is 0 Å². The summed E-state index contributed by atoms with van der Waals surface area (Å²) in [5.74, 6) is -0.642. The molecule has 1 atom stereocenters. The van der Waals surface area contributed by atoms with Crippen LogP contribution < -0.4 is 0 Å². The van der Waals surface area contributed by atoms with Crippen molar-refractivity contribution in [1.29, 1.82) is 0 Å². The van der Waals surface area contributed by atoms with E-state index in [9.17, 15) is 9.90 Å². The van der Waals surface area contributed by atoms with Gasteiger partial charge in [0.15, 0.2) is 0 Å². The molecule has 19 heavy (non-hydrogen) atoms. The van der Waals surface area contributed by atoms with E-state index in [4.69, 9.17) is 4.74 Å². The summed E-state index contributed by atoms with van der Waals surface area (Å²) in [6, 6.07) is 0.229. The molecule has 2 heterocycles. The molecule has 5 heteroatoms. The van der Waals surface area contributed by atoms with Crippen LogP contribution in [0.1, 0.15) is 32.6 Å². The van der Waals surface area contributed by atoms with Gasteiger partial charge in [-0.05, 0) is 52.2 Å². The van der Waals surface area contributed by atoms with Crippen LogP contribution in [0.2, 0.25) is 0 Å². The first-order valence-electron chi connectivity index (χ1n) is 7.51. The lowest BCUT2D eigenvalue weighted by Crippen LogP contribution is -2.49. The standard InChI is InChI=1S/C14H26N2O3/c1-2-19-11-10-15-8-5-12(6-9-15)16-7-3-4-13(16)14(17)18/h12-13H,2-11H2,1H3,(H,17,18). The summed E-state index contributed by atoms with van der Waals surface area (Å²) in [5.41, 5.74) is 0. The Morgan fingerprint density at radius 3 is 2.63 bits per heavy atom. The van der Waals surface area contributed by atoms with Gasteiger partial charge < -0.3 is 14.7 Å². The average molecular weight is 270 g/mol. The number of carboxylic acids is 1. The summed E-state index contributed by atoms with van der Waals surface area (Å²) < 4.78 is 5.38. The van der Waals surface area contributed by atoms with E-state index in [0.717, 1.165) is 65.1 Å². The Bertz CT molecular complexity index is 290. The number of nitrogens with zero attached hydrogens (tertiary/aromatic N) is 2. The highest BCUT2D eigenvalue weighted by Crippen LogP contribution is 2.26. The van der Waals surface area contributed by atoms with Gasteiger partial charge in [0.05, 0.1) is 6.61 Å². The molecule has 2 aliphatic heterocycles. The number of carboxylic acid groups (broad SMARTS) is 1. The molecule has 0 spiro atoms. The van der Waals surface area contributed by atoms with Crippen molar-refractivity contribution in [3.8, 4) is 0 Å². The SMILES string of the molecule is CCOCCN1CCC(N2CCCC2C(=O)O)CC1. The first-order valence-corrected chi connectivity index (χ1v) is 7.51. The van der Waals surface area contributed by atoms with Crippen molar-refractivity contribution >= 4 is 5.97 Å². The molecule has 2 saturated heterocycles. The van der Waals surface area contributed by atoms with E-state index >= 15 is 0 Å². The van der Waals surface area contributed by atoms with Crippen molar-refractivity contribution in [2.45, 2.75) is 44.7 Å². The van der Waals surface area contributed by atoms with Gasteiger partial charge in [-0.1, -0.05) is 0 Å². The molecule has 5 nitrogen and oxygen atoms in total. The first kappa shape index (κ1) is 14.8. The smallest absolute Gasteiger partial charge is 0.320 e. The highest BCUT2D eigenvalue weighted by Gasteiger charge is 2.36. The maximum atomic E-state index is 11.2. The zero-order valence-corrected chi connectivity index (χ0v) is 11.9. The van der Waals surface area contributed by atoms with Crippen molar-refractivity contribution in [3.63, 3.8) is 0 Å². The first-order chi connectivity index (χ1) is 9.22. The van der Waals surface area contributed by atoms with Crippen LogP contribution in [0.5, 0.6) is 0 Å². The third kappa shape index (κ3) is 3.91. The molecule has 0 bridgehead atoms. The normalized spacial score (nSPS) is 26.9. The third-order valence-electron chi connectivity index (χ3n) is 4.36. The molecule has 2 rings (SSSR count). The average Bonchev–Trinajstić information content (AvgIpc) is 2.89. The molecule has 0 saturated carbocycles. The fourth-order valence-electron chi connectivity index (χ4n) is 3.30. The highest BCUT2D eigenvalue weighted by molar-refractivity contribution is 5.73. The largest absolute Gasteiger partial charge is 0.480 e. The van der Waals surface area contributed by atoms with Gasteiger partial charge in [-0.15, -0.1) is 0 Å². The van der Waals surface area contributed by atoms with Crippen molar-refractivity contribution in [1.82, 2.24) is 9.80 Å². The van der Waals surface area contributed by atoms with Crippen LogP contribution in [0.4, 0.5) is 0 Å². The Morgan fingerprint density at radius 1 is 1.26 bits per heavy atom. The third-order valence-corrected chi connectivity index (χ3v) is 4.36. The number of likely N-dealkylation sites (tertiary alicyclic amines) is 2. The number of piperidine rings is 1. The van der Waals surface area contributed by atoms with Gasteiger partial charge in [0.1, 0.15) is 6.04 Å². The van der Waals surface area contributed by atoms with Gasteiger partial charge in [0.25, 0.3) is 0 Å². The summed E-state index contributed by atoms with van der Waals surface area (Å²) in [7, 11) is 0. The molecule has 0 radical (unpaired) electrons. The van der Waals surface area contributed by atoms with E-state index in [2.05, 4.69) is 9.80 Å². The summed E-state index contributed by atoms with van der Waals surface area (Å²) in [6.45, 7) is 7.71. The minimum absolute atomic E-state index is 0.236. The highest BCUT2D eigenvalue weighted by atomic mass is 16.5. The number of ether oxygens (including phenoxy) is 1. The van der Waals surface area contributed by atoms with Gasteiger partial charge in [-0.3, -0.25) is 9.69 Å². The molecule has 0 amide bonds. The summed E-state index contributed by atoms with van der Waals surface area (Å²) in [5, 5.41) is 9.24. The fourth-order valence-corrected chi connectivity index (χ4v) is 3.30. The zero-order chi connectivity index (χ0) is 13.7. The fraction of sp³-hybridized carbons (Fsp3) is 0.929. The van der Waals surface area contributed by atoms with Crippen LogP contribution >= 0.6 is 0 Å². The van der Waals surface area contributed by atoms with Crippen LogP contribution in [-0.2, 0) is 9.53 Å². The second-order valence-corrected chi connectivity index (χ2v) is 5.50. The predicted octanol–water partition coefficient (Wildman–Crippen LogP) is 1.04. The Balaban J connectivity index is 1.75. The maximum Gasteiger partial charge on any atom is 0.320 e. The van der Waals surface area contributed by atoms with E-state index in [0.29, 0.717) is 6.04 Å². The van der Waals surface area contributed by atoms with E-state index in [1.807, 2.05) is 6.92 Å². The summed E-state index contributed by atoms with van der Waals surface area (Å²) in [6.07, 6.45) is 4.03. The second-order valence-electron chi connectivity index (χ2n) is 5.50. The molecule has 2 fully saturated rings. The van der Waals surface area contributed by atoms with Crippen LogP contribution in [0.15, 0.2) is 0 Å². The van der Waals surface area contributed by atoms with E-state index in [1.54, 1.807) is 0 Å². The van der Waals surface area contributed by atoms with Crippen LogP contribution in [0, 0.1) is 0 Å². The van der Waals surface area contributed by atoms with Crippen LogP contribution in [-0.4, -0.2) is 72.4 Å². The number of carbonyl (C=O) groups is 1. The summed E-state index contributed by atoms with van der Waals surface area (Å²) in [4.78, 5) is 15.9. The Morgan fingerprint density at radius 2 is 2.00 bits per heavy atom. The van der Waals surface area contributed by atoms with Crippen molar-refractivity contribution in [2.75, 3.05) is 39.4 Å². The molecular formula is C14H26N2O3. The quantitative estimate of drug-likeness (QED) is 0.731. The second kappa shape index (κ2) is 7.22. The number of hydrogen-bond donors (Lipinski definition) is 1. The van der Waals surface area contributed by atoms with E-state index in [-0.39, 0.29) is 6.04 Å². The molecule has 2 aliphatic rings. The van der Waals surface area contributed by atoms with Crippen molar-refractivity contribution in [3.05, 3.63) is 0 Å². The lowest BCUT2D eigenvalue weighted by atomic mass is 10.0. The molecule has 1 unspecified atom stereocenters. The Labute approximate surface area is 115 Å². The number of hydrogen-bond acceptors (Lipinski definition) is 4. The van der Waals surface area contributed by atoms with Gasteiger partial charge in [-0.25, -0.2) is 0 Å². The minimum Gasteiger partial charge on any atom is -0.480 e. The molecule has 1 N–H and O–H groups in total. The predicted molar refractivity (Wildman–Crippen MR) is 73.3 cm³/mol. The molecule has 0 aromatic carbocycles. The molecular weight excluding hydrogens is 244 g/mol. The van der Waals surface area contributed by atoms with Crippen molar-refractivity contribution < 1.29 is 14.6 Å². The molecule has 110 valence electrons. The zero-order valence-electron chi connectivity index (χ0n) is 11.9. The lowest BCUT2D eigenvalue weighted by molar-refractivity contribution is -0.143. The van der Waals surface area contributed by atoms with Crippen LogP contribution in [0.25, 0.3) is 0 Å². The van der Waals surface area contributed by atoms with Gasteiger partial charge in [0.2, 0.25) is 0 Å². The Kier molecular flexibility index (Phi) is 5.60. The minimum atomic E-state index is -0.642. The molecule has 0 aromatic rings. The van der Waals surface area contributed by atoms with Crippen molar-refractivity contribution in [2.24, 2.45) is 0 Å². The lowest BCUT2D eigenvalue weighted by Gasteiger charge is -2.38. The van der Waals surface area contributed by atoms with Gasteiger partial charge in [0, 0.05) is 19.2 Å². The molecule has 0 aliphatic carbocycles. The topological polar surface area (TPSA) is 53.0 Å². The van der Waals surface area contributed by atoms with Crippen LogP contribution in [0.3, 0.4) is 0 Å². The molecule has 0 aromatic heterocycles. The van der Waals surface area contributed by atoms with Gasteiger partial charge >= 0.3 is 5.97 Å². The number of aliphatic carboxylic acids is 1.